The fraction of sp³-hybridized carbons (Fsp3) is 0.424. The maximum absolute atomic E-state index is 14.8. The van der Waals surface area contributed by atoms with Crippen molar-refractivity contribution in [2.45, 2.75) is 47.9 Å². The van der Waals surface area contributed by atoms with Crippen LogP contribution in [-0.4, -0.2) is 77.2 Å². The predicted octanol–water partition coefficient (Wildman–Crippen LogP) is 4.21. The lowest BCUT2D eigenvalue weighted by Crippen LogP contribution is -2.57. The van der Waals surface area contributed by atoms with Crippen molar-refractivity contribution < 1.29 is 33.7 Å². The number of aliphatic hydroxyl groups excluding tert-OH is 1. The number of aliphatic hydroxyl groups is 1. The number of benzene rings is 2. The molecule has 2 bridgehead atoms. The van der Waals surface area contributed by atoms with Gasteiger partial charge in [0.05, 0.1) is 44.3 Å². The maximum atomic E-state index is 14.8. The summed E-state index contributed by atoms with van der Waals surface area (Å²) in [5, 5.41) is 10.7. The van der Waals surface area contributed by atoms with Gasteiger partial charge in [0.1, 0.15) is 17.4 Å². The number of amides is 2. The molecule has 7 atom stereocenters. The number of nitrogens with zero attached hydrogens (tertiary/aromatic N) is 2. The normalized spacial score (nSPS) is 27.8. The molecule has 2 aromatic rings. The molecule has 0 aliphatic carbocycles. The molecule has 0 aromatic heterocycles. The Balaban J connectivity index is 1.60. The van der Waals surface area contributed by atoms with Crippen molar-refractivity contribution in [1.29, 1.82) is 0 Å². The van der Waals surface area contributed by atoms with E-state index in [4.69, 9.17) is 14.2 Å². The monoisotopic (exact) mass is 652 g/mol. The average molecular weight is 654 g/mol. The predicted molar refractivity (Wildman–Crippen MR) is 165 cm³/mol. The molecule has 0 saturated carbocycles. The third-order valence-electron chi connectivity index (χ3n) is 8.68. The minimum atomic E-state index is -1.31. The lowest BCUT2D eigenvalue weighted by atomic mass is 9.70. The number of anilines is 1. The number of carbonyl (C=O) groups excluding carboxylic acids is 3. The molecular formula is C33H37BrN2O7. The Hall–Kier alpha value is -3.47. The Morgan fingerprint density at radius 1 is 1.19 bits per heavy atom. The number of methoxy groups -OCH3 is 1. The molecule has 3 aliphatic heterocycles. The van der Waals surface area contributed by atoms with Crippen LogP contribution in [0, 0.1) is 11.8 Å². The molecule has 3 saturated heterocycles. The molecule has 43 heavy (non-hydrogen) atoms. The number of alkyl halides is 1. The molecule has 3 aliphatic rings. The topological polar surface area (TPSA) is 106 Å². The van der Waals surface area contributed by atoms with Crippen molar-refractivity contribution in [3.05, 3.63) is 85.5 Å². The van der Waals surface area contributed by atoms with Crippen molar-refractivity contribution in [1.82, 2.24) is 4.90 Å². The lowest BCUT2D eigenvalue weighted by molar-refractivity contribution is -0.155. The minimum absolute atomic E-state index is 0.162. The Morgan fingerprint density at radius 3 is 2.53 bits per heavy atom. The zero-order valence-corrected chi connectivity index (χ0v) is 25.7. The summed E-state index contributed by atoms with van der Waals surface area (Å²) in [7, 11) is 1.56. The summed E-state index contributed by atoms with van der Waals surface area (Å²) in [6.07, 6.45) is 4.36. The van der Waals surface area contributed by atoms with E-state index in [9.17, 15) is 19.5 Å². The SMILES string of the molecule is C=CCCCOC(=O)[C@H]1[C@@H]2OC3(CC2Br)C(C(=O)N(CC=C)c2ccc(OC)cc2)N([C@H](CO)c2ccccc2)C(=O)[C@H]13. The number of fused-ring (bicyclic) bond motifs is 1. The van der Waals surface area contributed by atoms with E-state index in [1.54, 1.807) is 48.4 Å². The summed E-state index contributed by atoms with van der Waals surface area (Å²) in [4.78, 5) is 45.6. The summed E-state index contributed by atoms with van der Waals surface area (Å²) >= 11 is 3.69. The summed E-state index contributed by atoms with van der Waals surface area (Å²) < 4.78 is 17.6. The molecule has 3 unspecified atom stereocenters. The molecule has 1 spiro atoms. The number of esters is 1. The molecule has 2 aromatic carbocycles. The van der Waals surface area contributed by atoms with Gasteiger partial charge < -0.3 is 29.1 Å². The van der Waals surface area contributed by atoms with E-state index < -0.39 is 60.0 Å². The number of likely N-dealkylation sites (tertiary alicyclic amines) is 1. The molecule has 9 nitrogen and oxygen atoms in total. The third kappa shape index (κ3) is 5.41. The molecule has 0 radical (unpaired) electrons. The highest BCUT2D eigenvalue weighted by Crippen LogP contribution is 2.61. The van der Waals surface area contributed by atoms with Crippen molar-refractivity contribution in [2.24, 2.45) is 11.8 Å². The molecule has 1 N–H and O–H groups in total. The van der Waals surface area contributed by atoms with Crippen molar-refractivity contribution in [3.8, 4) is 5.75 Å². The van der Waals surface area contributed by atoms with E-state index in [2.05, 4.69) is 29.1 Å². The van der Waals surface area contributed by atoms with Crippen LogP contribution in [0.2, 0.25) is 0 Å². The number of hydrogen-bond donors (Lipinski definition) is 1. The van der Waals surface area contributed by atoms with Gasteiger partial charge in [0.2, 0.25) is 5.91 Å². The first kappa shape index (κ1) is 31.0. The van der Waals surface area contributed by atoms with Gasteiger partial charge in [0, 0.05) is 17.1 Å². The van der Waals surface area contributed by atoms with Gasteiger partial charge in [-0.1, -0.05) is 58.4 Å². The van der Waals surface area contributed by atoms with E-state index in [1.165, 1.54) is 4.90 Å². The minimum Gasteiger partial charge on any atom is -0.497 e. The van der Waals surface area contributed by atoms with Crippen LogP contribution in [-0.2, 0) is 23.9 Å². The van der Waals surface area contributed by atoms with Gasteiger partial charge in [-0.2, -0.15) is 0 Å². The van der Waals surface area contributed by atoms with E-state index in [-0.39, 0.29) is 18.0 Å². The molecule has 2 amide bonds. The maximum Gasteiger partial charge on any atom is 0.312 e. The van der Waals surface area contributed by atoms with Crippen LogP contribution in [0.4, 0.5) is 5.69 Å². The molecule has 10 heteroatoms. The number of hydrogen-bond acceptors (Lipinski definition) is 7. The number of rotatable bonds is 13. The Kier molecular flexibility index (Phi) is 9.39. The fourth-order valence-corrected chi connectivity index (χ4v) is 7.78. The van der Waals surface area contributed by atoms with Crippen LogP contribution in [0.25, 0.3) is 0 Å². The van der Waals surface area contributed by atoms with Gasteiger partial charge >= 0.3 is 5.97 Å². The van der Waals surface area contributed by atoms with Crippen LogP contribution >= 0.6 is 15.9 Å². The van der Waals surface area contributed by atoms with E-state index in [1.807, 2.05) is 30.3 Å². The summed E-state index contributed by atoms with van der Waals surface area (Å²) in [5.74, 6) is -2.56. The highest BCUT2D eigenvalue weighted by Gasteiger charge is 2.77. The number of allylic oxidation sites excluding steroid dienone is 1. The van der Waals surface area contributed by atoms with E-state index in [0.717, 1.165) is 0 Å². The van der Waals surface area contributed by atoms with Crippen LogP contribution < -0.4 is 9.64 Å². The van der Waals surface area contributed by atoms with Crippen LogP contribution in [0.5, 0.6) is 5.75 Å². The number of ether oxygens (including phenoxy) is 3. The Bertz CT molecular complexity index is 1350. The smallest absolute Gasteiger partial charge is 0.312 e. The van der Waals surface area contributed by atoms with Crippen molar-refractivity contribution in [2.75, 3.05) is 31.8 Å². The first-order valence-electron chi connectivity index (χ1n) is 14.5. The van der Waals surface area contributed by atoms with Gasteiger partial charge in [-0.05, 0) is 49.1 Å². The average Bonchev–Trinajstić information content (AvgIpc) is 3.62. The highest BCUT2D eigenvalue weighted by atomic mass is 79.9. The zero-order chi connectivity index (χ0) is 30.7. The second-order valence-electron chi connectivity index (χ2n) is 11.1. The van der Waals surface area contributed by atoms with Crippen molar-refractivity contribution >= 4 is 39.4 Å². The van der Waals surface area contributed by atoms with Gasteiger partial charge in [-0.3, -0.25) is 14.4 Å². The molecule has 3 heterocycles. The van der Waals surface area contributed by atoms with Crippen LogP contribution in [0.3, 0.4) is 0 Å². The van der Waals surface area contributed by atoms with Gasteiger partial charge in [-0.25, -0.2) is 0 Å². The lowest BCUT2D eigenvalue weighted by Gasteiger charge is -2.39. The highest BCUT2D eigenvalue weighted by molar-refractivity contribution is 9.09. The summed E-state index contributed by atoms with van der Waals surface area (Å²) in [6, 6.07) is 14.1. The van der Waals surface area contributed by atoms with Crippen LogP contribution in [0.1, 0.15) is 30.9 Å². The quantitative estimate of drug-likeness (QED) is 0.150. The van der Waals surface area contributed by atoms with Crippen molar-refractivity contribution in [3.63, 3.8) is 0 Å². The number of unbranched alkanes of at least 4 members (excludes halogenated alkanes) is 1. The summed E-state index contributed by atoms with van der Waals surface area (Å²) in [6.45, 7) is 7.49. The van der Waals surface area contributed by atoms with E-state index in [0.29, 0.717) is 36.3 Å². The standard InChI is InChI=1S/C33H37BrN2O7/c1-4-6-10-18-42-32(40)26-27-30(38)36(25(20-37)21-11-8-7-9-12-21)29(33(27)19-24(34)28(26)43-33)31(39)35(17-5-2)22-13-15-23(41-3)16-14-22/h4-5,7-9,11-16,24-29,37H,1-2,6,10,17-20H2,3H3/t24?,25-,26-,27+,28-,29?,33?/m1/s1. The fourth-order valence-electron chi connectivity index (χ4n) is 6.84. The van der Waals surface area contributed by atoms with Gasteiger partial charge in [0.25, 0.3) is 5.91 Å². The largest absolute Gasteiger partial charge is 0.497 e. The molecule has 228 valence electrons. The molecule has 3 fully saturated rings. The zero-order valence-electron chi connectivity index (χ0n) is 24.1. The number of halogens is 1. The molecular weight excluding hydrogens is 616 g/mol. The summed E-state index contributed by atoms with van der Waals surface area (Å²) in [5.41, 5.74) is -0.0635. The van der Waals surface area contributed by atoms with Crippen LogP contribution in [0.15, 0.2) is 79.9 Å². The third-order valence-corrected chi connectivity index (χ3v) is 9.53. The first-order valence-corrected chi connectivity index (χ1v) is 15.4. The first-order chi connectivity index (χ1) is 20.8. The second-order valence-corrected chi connectivity index (χ2v) is 12.2. The van der Waals surface area contributed by atoms with Gasteiger partial charge in [-0.15, -0.1) is 13.2 Å². The Labute approximate surface area is 260 Å². The van der Waals surface area contributed by atoms with E-state index >= 15 is 0 Å². The van der Waals surface area contributed by atoms with Gasteiger partial charge in [0.15, 0.2) is 0 Å². The number of carbonyl (C=O) groups is 3. The second kappa shape index (κ2) is 13.0. The molecule has 5 rings (SSSR count). The Morgan fingerprint density at radius 2 is 1.91 bits per heavy atom.